The molecule has 0 saturated heterocycles. The SMILES string of the molecule is Cc1ccc(-c2ccc3c(c2)C=C(C(=O)N=C2C=CC(=C4C=CC=CN4O)C=C2)CCO3)cc1. The van der Waals surface area contributed by atoms with Crippen molar-refractivity contribution in [1.29, 1.82) is 0 Å². The average Bonchev–Trinajstić information content (AvgIpc) is 3.07. The van der Waals surface area contributed by atoms with Gasteiger partial charge in [-0.3, -0.25) is 10.0 Å². The van der Waals surface area contributed by atoms with E-state index in [1.54, 1.807) is 24.4 Å². The third-order valence-electron chi connectivity index (χ3n) is 5.86. The summed E-state index contributed by atoms with van der Waals surface area (Å²) in [7, 11) is 0. The number of carbonyl (C=O) groups is 1. The van der Waals surface area contributed by atoms with Gasteiger partial charge in [0.25, 0.3) is 5.91 Å². The normalized spacial score (nSPS) is 16.7. The van der Waals surface area contributed by atoms with Gasteiger partial charge in [0.1, 0.15) is 5.75 Å². The molecule has 5 rings (SSSR count). The Hall–Kier alpha value is -4.22. The van der Waals surface area contributed by atoms with Crippen molar-refractivity contribution >= 4 is 17.7 Å². The van der Waals surface area contributed by atoms with Crippen molar-refractivity contribution in [3.63, 3.8) is 0 Å². The molecule has 1 aliphatic carbocycles. The van der Waals surface area contributed by atoms with Crippen LogP contribution in [0.3, 0.4) is 0 Å². The summed E-state index contributed by atoms with van der Waals surface area (Å²) in [5.41, 5.74) is 6.94. The van der Waals surface area contributed by atoms with Gasteiger partial charge in [0.05, 0.1) is 18.0 Å². The molecule has 2 aromatic carbocycles. The molecule has 168 valence electrons. The summed E-state index contributed by atoms with van der Waals surface area (Å²) < 4.78 is 5.89. The number of ether oxygens (including phenoxy) is 1. The molecule has 0 atom stereocenters. The average molecular weight is 449 g/mol. The summed E-state index contributed by atoms with van der Waals surface area (Å²) in [6.07, 6.45) is 16.6. The molecular formula is C29H24N2O3. The third-order valence-corrected chi connectivity index (χ3v) is 5.86. The summed E-state index contributed by atoms with van der Waals surface area (Å²) in [5.74, 6) is 0.491. The van der Waals surface area contributed by atoms with E-state index in [0.717, 1.165) is 33.1 Å². The third kappa shape index (κ3) is 4.60. The first-order valence-corrected chi connectivity index (χ1v) is 11.2. The Kier molecular flexibility index (Phi) is 5.93. The second-order valence-electron chi connectivity index (χ2n) is 8.28. The maximum Gasteiger partial charge on any atom is 0.273 e. The van der Waals surface area contributed by atoms with E-state index < -0.39 is 0 Å². The van der Waals surface area contributed by atoms with Gasteiger partial charge in [0.15, 0.2) is 0 Å². The molecule has 0 unspecified atom stereocenters. The Morgan fingerprint density at radius 3 is 2.50 bits per heavy atom. The lowest BCUT2D eigenvalue weighted by Crippen LogP contribution is -2.14. The maximum atomic E-state index is 13.0. The maximum absolute atomic E-state index is 13.0. The molecule has 1 N–H and O–H groups in total. The molecule has 5 heteroatoms. The van der Waals surface area contributed by atoms with Crippen LogP contribution >= 0.6 is 0 Å². The van der Waals surface area contributed by atoms with Crippen LogP contribution in [0.25, 0.3) is 17.2 Å². The number of fused-ring (bicyclic) bond motifs is 1. The zero-order valence-corrected chi connectivity index (χ0v) is 18.8. The summed E-state index contributed by atoms with van der Waals surface area (Å²) in [5, 5.41) is 11.0. The van der Waals surface area contributed by atoms with Crippen molar-refractivity contribution in [2.75, 3.05) is 6.61 Å². The molecule has 0 radical (unpaired) electrons. The van der Waals surface area contributed by atoms with Crippen LogP contribution in [0, 0.1) is 6.92 Å². The summed E-state index contributed by atoms with van der Waals surface area (Å²) in [6.45, 7) is 2.49. The minimum atomic E-state index is -0.276. The number of rotatable bonds is 2. The van der Waals surface area contributed by atoms with E-state index in [1.807, 2.05) is 42.5 Å². The quantitative estimate of drug-likeness (QED) is 0.617. The van der Waals surface area contributed by atoms with Crippen molar-refractivity contribution in [2.24, 2.45) is 4.99 Å². The number of hydroxylamine groups is 2. The van der Waals surface area contributed by atoms with Gasteiger partial charge < -0.3 is 4.74 Å². The Morgan fingerprint density at radius 2 is 1.74 bits per heavy atom. The number of aliphatic imine (C=N–C) groups is 1. The van der Waals surface area contributed by atoms with Gasteiger partial charge in [-0.25, -0.2) is 10.1 Å². The molecule has 34 heavy (non-hydrogen) atoms. The fourth-order valence-corrected chi connectivity index (χ4v) is 3.98. The van der Waals surface area contributed by atoms with Crippen molar-refractivity contribution in [1.82, 2.24) is 5.06 Å². The van der Waals surface area contributed by atoms with Crippen LogP contribution in [0.2, 0.25) is 0 Å². The minimum absolute atomic E-state index is 0.276. The van der Waals surface area contributed by atoms with E-state index in [9.17, 15) is 10.0 Å². The van der Waals surface area contributed by atoms with Crippen molar-refractivity contribution in [3.05, 3.63) is 119 Å². The molecule has 0 bridgehead atoms. The Balaban J connectivity index is 1.39. The molecule has 2 aliphatic heterocycles. The highest BCUT2D eigenvalue weighted by atomic mass is 16.5. The number of nitrogens with zero attached hydrogens (tertiary/aromatic N) is 2. The van der Waals surface area contributed by atoms with Gasteiger partial charge in [-0.05, 0) is 60.6 Å². The zero-order valence-electron chi connectivity index (χ0n) is 18.8. The number of allylic oxidation sites excluding steroid dienone is 8. The summed E-state index contributed by atoms with van der Waals surface area (Å²) >= 11 is 0. The Morgan fingerprint density at radius 1 is 0.971 bits per heavy atom. The lowest BCUT2D eigenvalue weighted by Gasteiger charge is -2.18. The monoisotopic (exact) mass is 448 g/mol. The smallest absolute Gasteiger partial charge is 0.273 e. The molecule has 5 nitrogen and oxygen atoms in total. The second-order valence-corrected chi connectivity index (χ2v) is 8.28. The van der Waals surface area contributed by atoms with E-state index in [4.69, 9.17) is 4.74 Å². The molecular weight excluding hydrogens is 424 g/mol. The fraction of sp³-hybridized carbons (Fsp3) is 0.103. The van der Waals surface area contributed by atoms with Crippen LogP contribution in [-0.4, -0.2) is 28.5 Å². The number of aryl methyl sites for hydroxylation is 1. The number of hydrogen-bond acceptors (Lipinski definition) is 4. The molecule has 0 saturated carbocycles. The van der Waals surface area contributed by atoms with Gasteiger partial charge in [-0.15, -0.1) is 0 Å². The first-order chi connectivity index (χ1) is 16.6. The predicted molar refractivity (Wildman–Crippen MR) is 134 cm³/mol. The van der Waals surface area contributed by atoms with E-state index >= 15 is 0 Å². The topological polar surface area (TPSA) is 62.1 Å². The van der Waals surface area contributed by atoms with Crippen molar-refractivity contribution in [2.45, 2.75) is 13.3 Å². The van der Waals surface area contributed by atoms with Crippen LogP contribution in [0.4, 0.5) is 0 Å². The fourth-order valence-electron chi connectivity index (χ4n) is 3.98. The summed E-state index contributed by atoms with van der Waals surface area (Å²) in [4.78, 5) is 17.3. The highest BCUT2D eigenvalue weighted by molar-refractivity contribution is 6.14. The van der Waals surface area contributed by atoms with Crippen molar-refractivity contribution in [3.8, 4) is 16.9 Å². The molecule has 0 aromatic heterocycles. The van der Waals surface area contributed by atoms with Gasteiger partial charge >= 0.3 is 0 Å². The number of amides is 1. The highest BCUT2D eigenvalue weighted by Gasteiger charge is 2.17. The lowest BCUT2D eigenvalue weighted by molar-refractivity contribution is -0.114. The van der Waals surface area contributed by atoms with Crippen LogP contribution < -0.4 is 4.74 Å². The van der Waals surface area contributed by atoms with Crippen LogP contribution in [0.1, 0.15) is 17.5 Å². The number of benzene rings is 2. The Bertz CT molecular complexity index is 1330. The second kappa shape index (κ2) is 9.33. The van der Waals surface area contributed by atoms with Gasteiger partial charge in [0, 0.05) is 29.3 Å². The van der Waals surface area contributed by atoms with E-state index in [1.165, 1.54) is 5.56 Å². The number of carbonyl (C=O) groups excluding carboxylic acids is 1. The molecule has 2 aromatic rings. The molecule has 0 spiro atoms. The predicted octanol–water partition coefficient (Wildman–Crippen LogP) is 5.95. The van der Waals surface area contributed by atoms with E-state index in [2.05, 4.69) is 42.2 Å². The van der Waals surface area contributed by atoms with Crippen LogP contribution in [0.5, 0.6) is 5.75 Å². The van der Waals surface area contributed by atoms with Gasteiger partial charge in [-0.2, -0.15) is 0 Å². The van der Waals surface area contributed by atoms with Crippen LogP contribution in [0.15, 0.2) is 113 Å². The summed E-state index contributed by atoms with van der Waals surface area (Å²) in [6, 6.07) is 14.4. The molecule has 2 heterocycles. The molecule has 3 aliphatic rings. The molecule has 0 fully saturated rings. The highest BCUT2D eigenvalue weighted by Crippen LogP contribution is 2.31. The van der Waals surface area contributed by atoms with E-state index in [0.29, 0.717) is 30.0 Å². The van der Waals surface area contributed by atoms with Crippen molar-refractivity contribution < 1.29 is 14.7 Å². The van der Waals surface area contributed by atoms with Crippen LogP contribution in [-0.2, 0) is 4.79 Å². The first-order valence-electron chi connectivity index (χ1n) is 11.2. The number of hydrogen-bond donors (Lipinski definition) is 1. The lowest BCUT2D eigenvalue weighted by atomic mass is 10.00. The van der Waals surface area contributed by atoms with E-state index in [-0.39, 0.29) is 5.91 Å². The zero-order chi connectivity index (χ0) is 23.5. The standard InChI is InChI=1S/C29H24N2O3/c1-20-5-7-21(8-6-20)23-11-14-28-25(18-23)19-24(15-17-34-28)29(32)30-26-12-9-22(10-13-26)27-4-2-3-16-31(27)33/h2-14,16,18-19,33H,15,17H2,1H3. The first kappa shape index (κ1) is 21.6. The van der Waals surface area contributed by atoms with Gasteiger partial charge in [-0.1, -0.05) is 54.1 Å². The van der Waals surface area contributed by atoms with Gasteiger partial charge in [0.2, 0.25) is 0 Å². The Labute approximate surface area is 198 Å². The minimum Gasteiger partial charge on any atom is -0.493 e. The molecule has 1 amide bonds. The largest absolute Gasteiger partial charge is 0.493 e.